The van der Waals surface area contributed by atoms with Crippen molar-refractivity contribution >= 4 is 28.9 Å². The monoisotopic (exact) mass is 392 g/mol. The van der Waals surface area contributed by atoms with Crippen LogP contribution in [0.15, 0.2) is 41.6 Å². The van der Waals surface area contributed by atoms with Gasteiger partial charge in [0.25, 0.3) is 0 Å². The zero-order valence-corrected chi connectivity index (χ0v) is 16.1. The van der Waals surface area contributed by atoms with Gasteiger partial charge in [-0.05, 0) is 42.7 Å². The lowest BCUT2D eigenvalue weighted by molar-refractivity contribution is -0.00738. The van der Waals surface area contributed by atoms with Crippen molar-refractivity contribution in [3.63, 3.8) is 0 Å². The Morgan fingerprint density at radius 2 is 1.69 bits per heavy atom. The molecule has 2 heterocycles. The van der Waals surface area contributed by atoms with Gasteiger partial charge in [-0.15, -0.1) is 0 Å². The highest BCUT2D eigenvalue weighted by atomic mass is 35.5. The van der Waals surface area contributed by atoms with Gasteiger partial charge in [-0.3, -0.25) is 0 Å². The summed E-state index contributed by atoms with van der Waals surface area (Å²) in [5, 5.41) is 8.46. The number of nitrogens with one attached hydrogen (secondary N) is 1. The van der Waals surface area contributed by atoms with Crippen LogP contribution in [0.5, 0.6) is 0 Å². The quantitative estimate of drug-likeness (QED) is 0.786. The van der Waals surface area contributed by atoms with Gasteiger partial charge < -0.3 is 10.2 Å². The van der Waals surface area contributed by atoms with Crippen LogP contribution >= 0.6 is 23.2 Å². The number of hydrogen-bond donors (Lipinski definition) is 1. The van der Waals surface area contributed by atoms with Crippen LogP contribution in [0.25, 0.3) is 0 Å². The third-order valence-electron chi connectivity index (χ3n) is 5.30. The summed E-state index contributed by atoms with van der Waals surface area (Å²) in [6.07, 6.45) is 0.588. The van der Waals surface area contributed by atoms with E-state index < -0.39 is 11.3 Å². The molecule has 0 amide bonds. The Hall–Kier alpha value is -1.62. The molecule has 0 aromatic heterocycles. The van der Waals surface area contributed by atoms with E-state index in [0.29, 0.717) is 35.1 Å². The zero-order chi connectivity index (χ0) is 18.5. The fourth-order valence-corrected chi connectivity index (χ4v) is 3.80. The fourth-order valence-electron chi connectivity index (χ4n) is 3.31. The molecule has 2 aliphatic heterocycles. The lowest BCUT2D eigenvalue weighted by atomic mass is 9.86. The van der Waals surface area contributed by atoms with Gasteiger partial charge in [-0.1, -0.05) is 52.6 Å². The minimum atomic E-state index is -1.25. The van der Waals surface area contributed by atoms with E-state index in [1.165, 1.54) is 0 Å². The molecular weight excluding hydrogens is 374 g/mol. The molecule has 2 aromatic rings. The molecular formula is C20H19Cl2FN2O. The standard InChI is InChI=1S/C20H19Cl2FN2O/c1-12-16(21)7-15(8-17(12)22)19(2)9-18(25-26-19)13-3-5-14(6-4-13)20(23)10-24-11-20/h3-8,24H,9-11H2,1-2H3. The summed E-state index contributed by atoms with van der Waals surface area (Å²) in [6, 6.07) is 11.2. The minimum Gasteiger partial charge on any atom is -0.384 e. The Morgan fingerprint density at radius 3 is 2.23 bits per heavy atom. The van der Waals surface area contributed by atoms with Crippen LogP contribution < -0.4 is 5.32 Å². The average Bonchev–Trinajstić information content (AvgIpc) is 3.01. The summed E-state index contributed by atoms with van der Waals surface area (Å²) in [5.41, 5.74) is 2.30. The van der Waals surface area contributed by atoms with E-state index in [-0.39, 0.29) is 0 Å². The molecule has 136 valence electrons. The van der Waals surface area contributed by atoms with Crippen molar-refractivity contribution < 1.29 is 9.23 Å². The fraction of sp³-hybridized carbons (Fsp3) is 0.350. The predicted molar refractivity (Wildman–Crippen MR) is 103 cm³/mol. The van der Waals surface area contributed by atoms with Crippen LogP contribution in [0.4, 0.5) is 4.39 Å². The Morgan fingerprint density at radius 1 is 1.08 bits per heavy atom. The third kappa shape index (κ3) is 2.90. The molecule has 6 heteroatoms. The molecule has 4 rings (SSSR count). The van der Waals surface area contributed by atoms with Crippen molar-refractivity contribution in [1.82, 2.24) is 5.32 Å². The first-order chi connectivity index (χ1) is 12.3. The van der Waals surface area contributed by atoms with Crippen LogP contribution in [0.3, 0.4) is 0 Å². The van der Waals surface area contributed by atoms with E-state index in [9.17, 15) is 4.39 Å². The Labute approximate surface area is 162 Å². The van der Waals surface area contributed by atoms with Crippen LogP contribution in [-0.4, -0.2) is 18.8 Å². The largest absolute Gasteiger partial charge is 0.384 e. The second-order valence-corrected chi connectivity index (χ2v) is 8.06. The Balaban J connectivity index is 1.56. The number of alkyl halides is 1. The lowest BCUT2D eigenvalue weighted by Crippen LogP contribution is -2.53. The van der Waals surface area contributed by atoms with Crippen LogP contribution in [-0.2, 0) is 16.1 Å². The molecule has 0 bridgehead atoms. The normalized spacial score (nSPS) is 24.0. The first-order valence-electron chi connectivity index (χ1n) is 8.52. The second-order valence-electron chi connectivity index (χ2n) is 7.25. The van der Waals surface area contributed by atoms with Crippen LogP contribution in [0.1, 0.15) is 35.6 Å². The van der Waals surface area contributed by atoms with Gasteiger partial charge in [0.2, 0.25) is 0 Å². The third-order valence-corrected chi connectivity index (χ3v) is 6.08. The number of benzene rings is 2. The van der Waals surface area contributed by atoms with Crippen molar-refractivity contribution in [2.75, 3.05) is 13.1 Å². The summed E-state index contributed by atoms with van der Waals surface area (Å²) in [5.74, 6) is 0. The van der Waals surface area contributed by atoms with Crippen molar-refractivity contribution in [2.24, 2.45) is 5.16 Å². The highest BCUT2D eigenvalue weighted by Crippen LogP contribution is 2.40. The van der Waals surface area contributed by atoms with E-state index in [4.69, 9.17) is 28.0 Å². The SMILES string of the molecule is Cc1c(Cl)cc(C2(C)CC(c3ccc(C4(F)CNC4)cc3)=NO2)cc1Cl. The molecule has 0 radical (unpaired) electrons. The minimum absolute atomic E-state index is 0.365. The topological polar surface area (TPSA) is 33.6 Å². The Bertz CT molecular complexity index is 870. The van der Waals surface area contributed by atoms with Gasteiger partial charge in [0.05, 0.1) is 5.71 Å². The Kier molecular flexibility index (Phi) is 4.25. The van der Waals surface area contributed by atoms with Crippen molar-refractivity contribution in [1.29, 1.82) is 0 Å². The molecule has 2 aliphatic rings. The maximum atomic E-state index is 14.5. The molecule has 0 spiro atoms. The number of nitrogens with zero attached hydrogens (tertiary/aromatic N) is 1. The van der Waals surface area contributed by atoms with E-state index in [0.717, 1.165) is 22.4 Å². The molecule has 0 saturated carbocycles. The molecule has 1 unspecified atom stereocenters. The smallest absolute Gasteiger partial charge is 0.165 e. The molecule has 3 nitrogen and oxygen atoms in total. The number of rotatable bonds is 3. The average molecular weight is 393 g/mol. The highest BCUT2D eigenvalue weighted by Gasteiger charge is 2.40. The summed E-state index contributed by atoms with van der Waals surface area (Å²) in [4.78, 5) is 5.76. The highest BCUT2D eigenvalue weighted by molar-refractivity contribution is 6.36. The van der Waals surface area contributed by atoms with Crippen LogP contribution in [0, 0.1) is 6.92 Å². The molecule has 0 aliphatic carbocycles. The first kappa shape index (κ1) is 17.8. The number of hydrogen-bond acceptors (Lipinski definition) is 3. The maximum absolute atomic E-state index is 14.5. The van der Waals surface area contributed by atoms with E-state index >= 15 is 0 Å². The van der Waals surface area contributed by atoms with Gasteiger partial charge >= 0.3 is 0 Å². The summed E-state index contributed by atoms with van der Waals surface area (Å²) in [7, 11) is 0. The number of halogens is 3. The van der Waals surface area contributed by atoms with Crippen LogP contribution in [0.2, 0.25) is 10.0 Å². The molecule has 1 saturated heterocycles. The van der Waals surface area contributed by atoms with Gasteiger partial charge in [0.1, 0.15) is 0 Å². The van der Waals surface area contributed by atoms with E-state index in [1.807, 2.05) is 50.2 Å². The van der Waals surface area contributed by atoms with Crippen molar-refractivity contribution in [2.45, 2.75) is 31.5 Å². The molecule has 1 fully saturated rings. The van der Waals surface area contributed by atoms with Crippen molar-refractivity contribution in [3.8, 4) is 0 Å². The molecule has 1 N–H and O–H groups in total. The predicted octanol–water partition coefficient (Wildman–Crippen LogP) is 5.11. The van der Waals surface area contributed by atoms with Gasteiger partial charge in [-0.2, -0.15) is 0 Å². The summed E-state index contributed by atoms with van der Waals surface area (Å²) < 4.78 is 14.5. The molecule has 2 aromatic carbocycles. The van der Waals surface area contributed by atoms with Gasteiger partial charge in [-0.25, -0.2) is 4.39 Å². The maximum Gasteiger partial charge on any atom is 0.165 e. The van der Waals surface area contributed by atoms with E-state index in [2.05, 4.69) is 10.5 Å². The van der Waals surface area contributed by atoms with E-state index in [1.54, 1.807) is 0 Å². The summed E-state index contributed by atoms with van der Waals surface area (Å²) >= 11 is 12.5. The molecule has 1 atom stereocenters. The molecule has 26 heavy (non-hydrogen) atoms. The second kappa shape index (κ2) is 6.22. The van der Waals surface area contributed by atoms with Crippen molar-refractivity contribution in [3.05, 3.63) is 68.7 Å². The van der Waals surface area contributed by atoms with Gasteiger partial charge in [0, 0.05) is 35.1 Å². The number of oxime groups is 1. The zero-order valence-electron chi connectivity index (χ0n) is 14.6. The first-order valence-corrected chi connectivity index (χ1v) is 9.28. The lowest BCUT2D eigenvalue weighted by Gasteiger charge is -2.35. The summed E-state index contributed by atoms with van der Waals surface area (Å²) in [6.45, 7) is 4.57. The van der Waals surface area contributed by atoms with Gasteiger partial charge in [0.15, 0.2) is 11.3 Å².